The van der Waals surface area contributed by atoms with Crippen molar-refractivity contribution in [3.8, 4) is 22.6 Å². The highest BCUT2D eigenvalue weighted by molar-refractivity contribution is 6.19. The van der Waals surface area contributed by atoms with Crippen molar-refractivity contribution >= 4 is 64.6 Å². The second kappa shape index (κ2) is 10.4. The molecule has 0 amide bonds. The predicted octanol–water partition coefficient (Wildman–Crippen LogP) is 13.3. The van der Waals surface area contributed by atoms with E-state index in [4.69, 9.17) is 4.74 Å². The molecule has 0 aromatic heterocycles. The third-order valence-corrected chi connectivity index (χ3v) is 10.2. The molecule has 0 fully saturated rings. The van der Waals surface area contributed by atoms with Crippen LogP contribution < -0.4 is 4.74 Å². The minimum absolute atomic E-state index is 0.883. The fourth-order valence-corrected chi connectivity index (χ4v) is 7.76. The van der Waals surface area contributed by atoms with Crippen LogP contribution in [0.1, 0.15) is 22.3 Å². The molecule has 47 heavy (non-hydrogen) atoms. The van der Waals surface area contributed by atoms with Gasteiger partial charge in [-0.05, 0) is 117 Å². The number of benzene rings is 9. The summed E-state index contributed by atoms with van der Waals surface area (Å²) in [4.78, 5) is 0. The maximum Gasteiger partial charge on any atom is 0.143 e. The molecule has 0 aliphatic carbocycles. The highest BCUT2D eigenvalue weighted by Crippen LogP contribution is 2.47. The number of rotatable bonds is 3. The molecule has 0 atom stereocenters. The summed E-state index contributed by atoms with van der Waals surface area (Å²) in [7, 11) is 0. The largest absolute Gasteiger partial charge is 0.455 e. The van der Waals surface area contributed by atoms with Gasteiger partial charge in [-0.15, -0.1) is 0 Å². The van der Waals surface area contributed by atoms with E-state index in [0.29, 0.717) is 0 Å². The SMILES string of the molecule is Cc1ccc2c(c1)cc(Oc1c3ccccc3c(-c3ccc4c(c3)c(C)c(C)c3ccccc34)c3ccccc13)c1cc(C)ccc12. The van der Waals surface area contributed by atoms with Crippen LogP contribution >= 0.6 is 0 Å². The maximum absolute atomic E-state index is 7.17. The lowest BCUT2D eigenvalue weighted by molar-refractivity contribution is 0.500. The van der Waals surface area contributed by atoms with E-state index in [-0.39, 0.29) is 0 Å². The Balaban J connectivity index is 1.33. The Morgan fingerprint density at radius 3 is 1.57 bits per heavy atom. The molecule has 9 rings (SSSR count). The van der Waals surface area contributed by atoms with Gasteiger partial charge in [-0.2, -0.15) is 0 Å². The van der Waals surface area contributed by atoms with E-state index < -0.39 is 0 Å². The Kier molecular flexibility index (Phi) is 6.14. The minimum Gasteiger partial charge on any atom is -0.455 e. The van der Waals surface area contributed by atoms with Gasteiger partial charge in [-0.1, -0.05) is 126 Å². The molecule has 0 heterocycles. The van der Waals surface area contributed by atoms with Crippen molar-refractivity contribution < 1.29 is 4.74 Å². The van der Waals surface area contributed by atoms with Gasteiger partial charge in [-0.3, -0.25) is 0 Å². The summed E-state index contributed by atoms with van der Waals surface area (Å²) in [6.07, 6.45) is 0. The van der Waals surface area contributed by atoms with E-state index in [1.54, 1.807) is 0 Å². The van der Waals surface area contributed by atoms with Crippen LogP contribution in [-0.4, -0.2) is 0 Å². The summed E-state index contributed by atoms with van der Waals surface area (Å²) in [6.45, 7) is 8.81. The van der Waals surface area contributed by atoms with Crippen LogP contribution in [0.5, 0.6) is 11.5 Å². The molecule has 0 saturated heterocycles. The first-order valence-corrected chi connectivity index (χ1v) is 16.4. The second-order valence-corrected chi connectivity index (χ2v) is 13.1. The molecule has 1 nitrogen and oxygen atoms in total. The molecule has 0 bridgehead atoms. The molecule has 0 spiro atoms. The van der Waals surface area contributed by atoms with Crippen molar-refractivity contribution in [1.82, 2.24) is 0 Å². The summed E-state index contributed by atoms with van der Waals surface area (Å²) < 4.78 is 7.17. The lowest BCUT2D eigenvalue weighted by Gasteiger charge is -2.20. The topological polar surface area (TPSA) is 9.23 Å². The molecule has 224 valence electrons. The normalized spacial score (nSPS) is 11.8. The van der Waals surface area contributed by atoms with E-state index in [2.05, 4.69) is 161 Å². The van der Waals surface area contributed by atoms with Gasteiger partial charge in [0.2, 0.25) is 0 Å². The fourth-order valence-electron chi connectivity index (χ4n) is 7.76. The van der Waals surface area contributed by atoms with Crippen molar-refractivity contribution in [2.24, 2.45) is 0 Å². The summed E-state index contributed by atoms with van der Waals surface area (Å²) >= 11 is 0. The average Bonchev–Trinajstić information content (AvgIpc) is 3.10. The summed E-state index contributed by atoms with van der Waals surface area (Å²) in [5.41, 5.74) is 7.60. The van der Waals surface area contributed by atoms with Crippen LogP contribution in [0.2, 0.25) is 0 Å². The Bertz CT molecular complexity index is 2690. The number of ether oxygens (including phenoxy) is 1. The zero-order valence-electron chi connectivity index (χ0n) is 27.1. The van der Waals surface area contributed by atoms with Crippen molar-refractivity contribution in [3.05, 3.63) is 156 Å². The van der Waals surface area contributed by atoms with Crippen LogP contribution in [0.25, 0.3) is 75.8 Å². The molecule has 0 unspecified atom stereocenters. The fraction of sp³-hybridized carbons (Fsp3) is 0.0870. The first kappa shape index (κ1) is 27.6. The first-order valence-electron chi connectivity index (χ1n) is 16.4. The molecule has 9 aromatic carbocycles. The van der Waals surface area contributed by atoms with E-state index in [1.807, 2.05) is 0 Å². The predicted molar refractivity (Wildman–Crippen MR) is 202 cm³/mol. The van der Waals surface area contributed by atoms with Gasteiger partial charge >= 0.3 is 0 Å². The monoisotopic (exact) mass is 602 g/mol. The van der Waals surface area contributed by atoms with E-state index in [9.17, 15) is 0 Å². The molecule has 1 heteroatoms. The van der Waals surface area contributed by atoms with Gasteiger partial charge in [0.05, 0.1) is 0 Å². The van der Waals surface area contributed by atoms with Gasteiger partial charge in [0.1, 0.15) is 11.5 Å². The Morgan fingerprint density at radius 1 is 0.362 bits per heavy atom. The average molecular weight is 603 g/mol. The third-order valence-electron chi connectivity index (χ3n) is 10.2. The molecule has 0 N–H and O–H groups in total. The lowest BCUT2D eigenvalue weighted by atomic mass is 9.87. The summed E-state index contributed by atoms with van der Waals surface area (Å²) in [5, 5.41) is 14.6. The zero-order chi connectivity index (χ0) is 31.8. The molecular weight excluding hydrogens is 569 g/mol. The van der Waals surface area contributed by atoms with Gasteiger partial charge in [0, 0.05) is 16.2 Å². The van der Waals surface area contributed by atoms with Crippen LogP contribution in [0.15, 0.2) is 133 Å². The summed E-state index contributed by atoms with van der Waals surface area (Å²) in [6, 6.07) is 48.9. The number of fused-ring (bicyclic) bond motifs is 8. The third kappa shape index (κ3) is 4.23. The first-order chi connectivity index (χ1) is 23.0. The van der Waals surface area contributed by atoms with Crippen molar-refractivity contribution in [2.75, 3.05) is 0 Å². The van der Waals surface area contributed by atoms with Crippen LogP contribution in [-0.2, 0) is 0 Å². The molecule has 0 saturated carbocycles. The standard InChI is InChI=1S/C46H34O/c1-27-17-20-34-32(23-27)26-44(43-24-28(2)18-21-36(34)43)47-46-40-15-9-7-13-38(40)45(39-14-8-10-16-41(39)46)31-19-22-37-35-12-6-5-11-33(35)29(3)30(4)42(37)25-31/h5-26H,1-4H3. The smallest absolute Gasteiger partial charge is 0.143 e. The number of aryl methyl sites for hydroxylation is 4. The van der Waals surface area contributed by atoms with Gasteiger partial charge in [0.15, 0.2) is 0 Å². The summed E-state index contributed by atoms with van der Waals surface area (Å²) in [5.74, 6) is 1.78. The quantitative estimate of drug-likeness (QED) is 0.144. The highest BCUT2D eigenvalue weighted by Gasteiger charge is 2.19. The Hall–Kier alpha value is -5.66. The molecule has 0 aliphatic heterocycles. The van der Waals surface area contributed by atoms with E-state index in [0.717, 1.165) is 27.7 Å². The second-order valence-electron chi connectivity index (χ2n) is 13.1. The molecule has 9 aromatic rings. The Labute approximate surface area is 274 Å². The maximum atomic E-state index is 7.17. The Morgan fingerprint density at radius 2 is 0.872 bits per heavy atom. The van der Waals surface area contributed by atoms with Crippen molar-refractivity contribution in [1.29, 1.82) is 0 Å². The highest BCUT2D eigenvalue weighted by atomic mass is 16.5. The van der Waals surface area contributed by atoms with E-state index in [1.165, 1.54) is 81.9 Å². The number of hydrogen-bond donors (Lipinski definition) is 0. The van der Waals surface area contributed by atoms with Crippen LogP contribution in [0, 0.1) is 27.7 Å². The number of hydrogen-bond acceptors (Lipinski definition) is 1. The molecular formula is C46H34O. The van der Waals surface area contributed by atoms with Gasteiger partial charge in [0.25, 0.3) is 0 Å². The minimum atomic E-state index is 0.883. The lowest BCUT2D eigenvalue weighted by Crippen LogP contribution is -1.94. The van der Waals surface area contributed by atoms with Gasteiger partial charge < -0.3 is 4.74 Å². The van der Waals surface area contributed by atoms with Gasteiger partial charge in [-0.25, -0.2) is 0 Å². The molecule has 0 radical (unpaired) electrons. The van der Waals surface area contributed by atoms with Crippen LogP contribution in [0.4, 0.5) is 0 Å². The van der Waals surface area contributed by atoms with Crippen LogP contribution in [0.3, 0.4) is 0 Å². The zero-order valence-corrected chi connectivity index (χ0v) is 27.1. The van der Waals surface area contributed by atoms with Crippen molar-refractivity contribution in [3.63, 3.8) is 0 Å². The van der Waals surface area contributed by atoms with E-state index >= 15 is 0 Å². The van der Waals surface area contributed by atoms with Crippen molar-refractivity contribution in [2.45, 2.75) is 27.7 Å². The molecule has 0 aliphatic rings.